The highest BCUT2D eigenvalue weighted by Gasteiger charge is 2.13. The quantitative estimate of drug-likeness (QED) is 0.260. The monoisotopic (exact) mass is 464 g/mol. The summed E-state index contributed by atoms with van der Waals surface area (Å²) in [4.78, 5) is 4.71. The predicted molar refractivity (Wildman–Crippen MR) is 149 cm³/mol. The summed E-state index contributed by atoms with van der Waals surface area (Å²) in [7, 11) is 0. The Balaban J connectivity index is 1.23. The van der Waals surface area contributed by atoms with E-state index in [9.17, 15) is 0 Å². The van der Waals surface area contributed by atoms with Crippen LogP contribution >= 0.6 is 0 Å². The molecule has 0 amide bonds. The third-order valence-corrected chi connectivity index (χ3v) is 7.05. The van der Waals surface area contributed by atoms with Gasteiger partial charge < -0.3 is 8.98 Å². The van der Waals surface area contributed by atoms with Crippen molar-refractivity contribution in [2.45, 2.75) is 13.3 Å². The molecule has 0 unspecified atom stereocenters. The third-order valence-electron chi connectivity index (χ3n) is 7.05. The van der Waals surface area contributed by atoms with E-state index < -0.39 is 0 Å². The average molecular weight is 465 g/mol. The molecule has 0 spiro atoms. The molecule has 0 fully saturated rings. The zero-order chi connectivity index (χ0) is 24.1. The normalized spacial score (nSPS) is 11.6. The van der Waals surface area contributed by atoms with Crippen LogP contribution in [0, 0.1) is 0 Å². The van der Waals surface area contributed by atoms with E-state index in [1.54, 1.807) is 0 Å². The van der Waals surface area contributed by atoms with Gasteiger partial charge in [-0.2, -0.15) is 0 Å². The fourth-order valence-electron chi connectivity index (χ4n) is 5.22. The maximum absolute atomic E-state index is 6.14. The van der Waals surface area contributed by atoms with Gasteiger partial charge in [0.25, 0.3) is 0 Å². The highest BCUT2D eigenvalue weighted by atomic mass is 16.3. The van der Waals surface area contributed by atoms with E-state index in [1.165, 1.54) is 32.9 Å². The number of para-hydroxylation sites is 3. The van der Waals surface area contributed by atoms with Gasteiger partial charge in [-0.3, -0.25) is 0 Å². The lowest BCUT2D eigenvalue weighted by atomic mass is 10.0. The fourth-order valence-corrected chi connectivity index (χ4v) is 5.22. The van der Waals surface area contributed by atoms with E-state index in [1.807, 2.05) is 12.1 Å². The second kappa shape index (κ2) is 8.24. The molecular weight excluding hydrogens is 440 g/mol. The van der Waals surface area contributed by atoms with E-state index in [0.717, 1.165) is 34.3 Å². The van der Waals surface area contributed by atoms with E-state index >= 15 is 0 Å². The van der Waals surface area contributed by atoms with Crippen molar-refractivity contribution in [3.8, 4) is 28.3 Å². The Bertz CT molecular complexity index is 1800. The van der Waals surface area contributed by atoms with Crippen LogP contribution < -0.4 is 0 Å². The SMILES string of the molecule is CCc1cccc2nc(-c3ccc(-c4ccc(-n5c6ccccc6c6ccccc65)cc4)cc3)oc12. The fraction of sp³-hybridized carbons (Fsp3) is 0.0606. The molecule has 2 aromatic heterocycles. The van der Waals surface area contributed by atoms with E-state index in [0.29, 0.717) is 5.89 Å². The van der Waals surface area contributed by atoms with Crippen molar-refractivity contribution in [1.82, 2.24) is 9.55 Å². The number of aromatic nitrogens is 2. The van der Waals surface area contributed by atoms with Crippen molar-refractivity contribution < 1.29 is 4.42 Å². The first-order valence-electron chi connectivity index (χ1n) is 12.4. The summed E-state index contributed by atoms with van der Waals surface area (Å²) >= 11 is 0. The molecule has 0 N–H and O–H groups in total. The molecule has 0 radical (unpaired) electrons. The van der Waals surface area contributed by atoms with Gasteiger partial charge in [-0.15, -0.1) is 0 Å². The lowest BCUT2D eigenvalue weighted by Crippen LogP contribution is -1.93. The number of fused-ring (bicyclic) bond motifs is 4. The van der Waals surface area contributed by atoms with Crippen molar-refractivity contribution in [1.29, 1.82) is 0 Å². The molecule has 0 aliphatic rings. The Labute approximate surface area is 209 Å². The zero-order valence-corrected chi connectivity index (χ0v) is 20.0. The van der Waals surface area contributed by atoms with Gasteiger partial charge >= 0.3 is 0 Å². The molecule has 172 valence electrons. The standard InChI is InChI=1S/C33H24N2O/c1-2-22-8-7-11-29-32(22)36-33(34-29)25-16-14-23(15-17-25)24-18-20-26(21-19-24)35-30-12-5-3-9-27(30)28-10-4-6-13-31(28)35/h3-21H,2H2,1H3. The first-order valence-corrected chi connectivity index (χ1v) is 12.4. The Morgan fingerprint density at radius 3 is 1.83 bits per heavy atom. The first-order chi connectivity index (χ1) is 17.8. The topological polar surface area (TPSA) is 31.0 Å². The molecule has 0 aliphatic carbocycles. The summed E-state index contributed by atoms with van der Waals surface area (Å²) < 4.78 is 8.48. The molecular formula is C33H24N2O. The second-order valence-corrected chi connectivity index (χ2v) is 9.13. The summed E-state index contributed by atoms with van der Waals surface area (Å²) in [6, 6.07) is 40.6. The Morgan fingerprint density at radius 2 is 1.19 bits per heavy atom. The van der Waals surface area contributed by atoms with E-state index in [2.05, 4.69) is 115 Å². The number of hydrogen-bond donors (Lipinski definition) is 0. The summed E-state index contributed by atoms with van der Waals surface area (Å²) in [5.41, 5.74) is 9.92. The minimum Gasteiger partial charge on any atom is -0.436 e. The molecule has 7 rings (SSSR count). The second-order valence-electron chi connectivity index (χ2n) is 9.13. The van der Waals surface area contributed by atoms with Crippen molar-refractivity contribution in [2.75, 3.05) is 0 Å². The predicted octanol–water partition coefficient (Wildman–Crippen LogP) is 8.82. The van der Waals surface area contributed by atoms with Gasteiger partial charge in [0.05, 0.1) is 11.0 Å². The molecule has 0 saturated heterocycles. The molecule has 0 atom stereocenters. The summed E-state index contributed by atoms with van der Waals surface area (Å²) in [5, 5.41) is 2.55. The molecule has 0 saturated carbocycles. The van der Waals surface area contributed by atoms with Gasteiger partial charge in [0.1, 0.15) is 5.52 Å². The van der Waals surface area contributed by atoms with Crippen molar-refractivity contribution in [3.05, 3.63) is 121 Å². The smallest absolute Gasteiger partial charge is 0.227 e. The van der Waals surface area contributed by atoms with Gasteiger partial charge in [-0.05, 0) is 65.6 Å². The Hall–Kier alpha value is -4.63. The van der Waals surface area contributed by atoms with Gasteiger partial charge in [0.2, 0.25) is 5.89 Å². The van der Waals surface area contributed by atoms with Crippen LogP contribution in [0.3, 0.4) is 0 Å². The summed E-state index contributed by atoms with van der Waals surface area (Å²) in [6.07, 6.45) is 0.926. The van der Waals surface area contributed by atoms with Crippen molar-refractivity contribution in [2.24, 2.45) is 0 Å². The van der Waals surface area contributed by atoms with Gasteiger partial charge in [0, 0.05) is 22.0 Å². The van der Waals surface area contributed by atoms with Crippen molar-refractivity contribution >= 4 is 32.9 Å². The van der Waals surface area contributed by atoms with Crippen LogP contribution in [0.2, 0.25) is 0 Å². The van der Waals surface area contributed by atoms with Crippen LogP contribution in [0.1, 0.15) is 12.5 Å². The van der Waals surface area contributed by atoms with E-state index in [-0.39, 0.29) is 0 Å². The molecule has 3 heteroatoms. The number of hydrogen-bond acceptors (Lipinski definition) is 2. The number of aryl methyl sites for hydroxylation is 1. The molecule has 2 heterocycles. The minimum absolute atomic E-state index is 0.666. The van der Waals surface area contributed by atoms with Crippen LogP contribution in [0.4, 0.5) is 0 Å². The largest absolute Gasteiger partial charge is 0.436 e. The van der Waals surface area contributed by atoms with E-state index in [4.69, 9.17) is 9.40 Å². The molecule has 3 nitrogen and oxygen atoms in total. The van der Waals surface area contributed by atoms with Crippen LogP contribution in [0.5, 0.6) is 0 Å². The maximum atomic E-state index is 6.14. The number of nitrogens with zero attached hydrogens (tertiary/aromatic N) is 2. The van der Waals surface area contributed by atoms with Crippen LogP contribution in [-0.4, -0.2) is 9.55 Å². The van der Waals surface area contributed by atoms with Crippen LogP contribution in [-0.2, 0) is 6.42 Å². The summed E-state index contributed by atoms with van der Waals surface area (Å²) in [5.74, 6) is 0.666. The Morgan fingerprint density at radius 1 is 0.611 bits per heavy atom. The molecule has 36 heavy (non-hydrogen) atoms. The molecule has 7 aromatic rings. The Kier molecular flexibility index (Phi) is 4.74. The lowest BCUT2D eigenvalue weighted by Gasteiger charge is -2.09. The molecule has 5 aromatic carbocycles. The lowest BCUT2D eigenvalue weighted by molar-refractivity contribution is 0.615. The first kappa shape index (κ1) is 20.7. The molecule has 0 bridgehead atoms. The van der Waals surface area contributed by atoms with Gasteiger partial charge in [0.15, 0.2) is 5.58 Å². The highest BCUT2D eigenvalue weighted by molar-refractivity contribution is 6.09. The zero-order valence-electron chi connectivity index (χ0n) is 20.0. The van der Waals surface area contributed by atoms with Crippen molar-refractivity contribution in [3.63, 3.8) is 0 Å². The minimum atomic E-state index is 0.666. The number of oxazole rings is 1. The van der Waals surface area contributed by atoms with Gasteiger partial charge in [-0.25, -0.2) is 4.98 Å². The maximum Gasteiger partial charge on any atom is 0.227 e. The number of rotatable bonds is 4. The third kappa shape index (κ3) is 3.24. The molecule has 0 aliphatic heterocycles. The summed E-state index contributed by atoms with van der Waals surface area (Å²) in [6.45, 7) is 2.14. The van der Waals surface area contributed by atoms with Crippen LogP contribution in [0.25, 0.3) is 61.2 Å². The highest BCUT2D eigenvalue weighted by Crippen LogP contribution is 2.33. The van der Waals surface area contributed by atoms with Crippen LogP contribution in [0.15, 0.2) is 120 Å². The number of benzene rings is 5. The van der Waals surface area contributed by atoms with Gasteiger partial charge in [-0.1, -0.05) is 79.7 Å². The average Bonchev–Trinajstić information content (AvgIpc) is 3.53.